The number of amides is 1. The smallest absolute Gasteiger partial charge is 0.266 e. The Balaban J connectivity index is 1.54. The van der Waals surface area contributed by atoms with Crippen LogP contribution in [0.15, 0.2) is 59.4 Å². The van der Waals surface area contributed by atoms with Gasteiger partial charge in [-0.25, -0.2) is 4.68 Å². The highest BCUT2D eigenvalue weighted by molar-refractivity contribution is 6.31. The van der Waals surface area contributed by atoms with Crippen LogP contribution in [0.4, 0.5) is 0 Å². The quantitative estimate of drug-likeness (QED) is 0.597. The summed E-state index contributed by atoms with van der Waals surface area (Å²) in [6.07, 6.45) is 0. The Bertz CT molecular complexity index is 1080. The third-order valence-electron chi connectivity index (χ3n) is 4.40. The lowest BCUT2D eigenvalue weighted by Gasteiger charge is -2.10. The van der Waals surface area contributed by atoms with E-state index in [1.54, 1.807) is 31.4 Å². The first-order chi connectivity index (χ1) is 14.5. The van der Waals surface area contributed by atoms with Crippen molar-refractivity contribution in [2.75, 3.05) is 20.3 Å². The third-order valence-corrected chi connectivity index (χ3v) is 4.82. The summed E-state index contributed by atoms with van der Waals surface area (Å²) in [6, 6.07) is 15.7. The van der Waals surface area contributed by atoms with E-state index in [2.05, 4.69) is 10.4 Å². The lowest BCUT2D eigenvalue weighted by atomic mass is 10.1. The molecule has 156 valence electrons. The van der Waals surface area contributed by atoms with Gasteiger partial charge >= 0.3 is 0 Å². The van der Waals surface area contributed by atoms with Crippen molar-refractivity contribution in [3.63, 3.8) is 0 Å². The van der Waals surface area contributed by atoms with Crippen LogP contribution in [0.25, 0.3) is 11.3 Å². The standard InChI is InChI=1S/C22H22ClN3O4/c1-15-13-18(7-8-19(15)23)30-14-21(27)24-11-12-26-22(28)10-9-20(25-26)16-3-5-17(29-2)6-4-16/h3-10,13H,11-12,14H2,1-2H3,(H,24,27). The Morgan fingerprint density at radius 3 is 2.53 bits per heavy atom. The Morgan fingerprint density at radius 1 is 1.10 bits per heavy atom. The van der Waals surface area contributed by atoms with E-state index in [4.69, 9.17) is 21.1 Å². The monoisotopic (exact) mass is 427 g/mol. The number of hydrogen-bond donors (Lipinski definition) is 1. The number of nitrogens with one attached hydrogen (secondary N) is 1. The zero-order chi connectivity index (χ0) is 21.5. The van der Waals surface area contributed by atoms with Gasteiger partial charge in [0.25, 0.3) is 11.5 Å². The van der Waals surface area contributed by atoms with Gasteiger partial charge in [0.05, 0.1) is 19.3 Å². The fourth-order valence-corrected chi connectivity index (χ4v) is 2.85. The van der Waals surface area contributed by atoms with Crippen molar-refractivity contribution < 1.29 is 14.3 Å². The number of hydrogen-bond acceptors (Lipinski definition) is 5. The molecule has 0 aliphatic heterocycles. The minimum Gasteiger partial charge on any atom is -0.497 e. The van der Waals surface area contributed by atoms with Crippen LogP contribution in [0.3, 0.4) is 0 Å². The summed E-state index contributed by atoms with van der Waals surface area (Å²) < 4.78 is 11.9. The number of aromatic nitrogens is 2. The topological polar surface area (TPSA) is 82.5 Å². The van der Waals surface area contributed by atoms with Crippen molar-refractivity contribution in [2.45, 2.75) is 13.5 Å². The summed E-state index contributed by atoms with van der Waals surface area (Å²) in [6.45, 7) is 2.23. The van der Waals surface area contributed by atoms with Gasteiger partial charge in [0, 0.05) is 23.2 Å². The van der Waals surface area contributed by atoms with E-state index in [1.165, 1.54) is 10.7 Å². The summed E-state index contributed by atoms with van der Waals surface area (Å²) >= 11 is 5.97. The van der Waals surface area contributed by atoms with Gasteiger partial charge in [-0.15, -0.1) is 0 Å². The van der Waals surface area contributed by atoms with Crippen LogP contribution in [-0.2, 0) is 11.3 Å². The van der Waals surface area contributed by atoms with Crippen LogP contribution in [0, 0.1) is 6.92 Å². The van der Waals surface area contributed by atoms with E-state index in [9.17, 15) is 9.59 Å². The highest BCUT2D eigenvalue weighted by Crippen LogP contribution is 2.21. The largest absolute Gasteiger partial charge is 0.497 e. The van der Waals surface area contributed by atoms with E-state index in [1.807, 2.05) is 31.2 Å². The van der Waals surface area contributed by atoms with Crippen molar-refractivity contribution in [1.29, 1.82) is 0 Å². The van der Waals surface area contributed by atoms with E-state index in [0.717, 1.165) is 16.9 Å². The molecule has 0 aliphatic rings. The molecule has 1 heterocycles. The van der Waals surface area contributed by atoms with Crippen molar-refractivity contribution in [2.24, 2.45) is 0 Å². The maximum Gasteiger partial charge on any atom is 0.266 e. The molecule has 0 aliphatic carbocycles. The van der Waals surface area contributed by atoms with Gasteiger partial charge < -0.3 is 14.8 Å². The molecule has 2 aromatic carbocycles. The van der Waals surface area contributed by atoms with E-state index < -0.39 is 0 Å². The van der Waals surface area contributed by atoms with Crippen molar-refractivity contribution in [3.05, 3.63) is 75.5 Å². The molecule has 0 spiro atoms. The van der Waals surface area contributed by atoms with Crippen molar-refractivity contribution in [3.8, 4) is 22.8 Å². The molecule has 0 bridgehead atoms. The molecular formula is C22H22ClN3O4. The summed E-state index contributed by atoms with van der Waals surface area (Å²) in [5, 5.41) is 7.74. The molecule has 30 heavy (non-hydrogen) atoms. The van der Waals surface area contributed by atoms with Crippen LogP contribution < -0.4 is 20.3 Å². The van der Waals surface area contributed by atoms with Crippen LogP contribution >= 0.6 is 11.6 Å². The number of carbonyl (C=O) groups is 1. The Morgan fingerprint density at radius 2 is 1.83 bits per heavy atom. The van der Waals surface area contributed by atoms with Gasteiger partial charge in [-0.1, -0.05) is 11.6 Å². The highest BCUT2D eigenvalue weighted by Gasteiger charge is 2.07. The molecule has 1 aromatic heterocycles. The van der Waals surface area contributed by atoms with Gasteiger partial charge in [-0.2, -0.15) is 5.10 Å². The summed E-state index contributed by atoms with van der Waals surface area (Å²) in [7, 11) is 1.60. The first-order valence-corrected chi connectivity index (χ1v) is 9.72. The molecule has 3 rings (SSSR count). The minimum atomic E-state index is -0.290. The predicted molar refractivity (Wildman–Crippen MR) is 115 cm³/mol. The molecule has 1 N–H and O–H groups in total. The van der Waals surface area contributed by atoms with Crippen LogP contribution in [0.2, 0.25) is 5.02 Å². The molecule has 0 fully saturated rings. The summed E-state index contributed by atoms with van der Waals surface area (Å²) in [5.74, 6) is 1.02. The van der Waals surface area contributed by atoms with Gasteiger partial charge in [0.2, 0.25) is 0 Å². The molecule has 0 saturated heterocycles. The number of benzene rings is 2. The average Bonchev–Trinajstić information content (AvgIpc) is 2.76. The molecular weight excluding hydrogens is 406 g/mol. The normalized spacial score (nSPS) is 10.5. The molecule has 0 radical (unpaired) electrons. The second kappa shape index (κ2) is 9.93. The third kappa shape index (κ3) is 5.61. The number of nitrogens with zero attached hydrogens (tertiary/aromatic N) is 2. The van der Waals surface area contributed by atoms with Gasteiger partial charge in [-0.05, 0) is 61.0 Å². The van der Waals surface area contributed by atoms with E-state index >= 15 is 0 Å². The maximum absolute atomic E-state index is 12.1. The molecule has 3 aromatic rings. The van der Waals surface area contributed by atoms with Crippen LogP contribution in [0.1, 0.15) is 5.56 Å². The molecule has 7 nitrogen and oxygen atoms in total. The molecule has 8 heteroatoms. The predicted octanol–water partition coefficient (Wildman–Crippen LogP) is 3.08. The molecule has 0 atom stereocenters. The van der Waals surface area contributed by atoms with Gasteiger partial charge in [0.15, 0.2) is 6.61 Å². The first kappa shape index (κ1) is 21.4. The Labute approximate surface area is 179 Å². The average molecular weight is 428 g/mol. The van der Waals surface area contributed by atoms with Crippen molar-refractivity contribution in [1.82, 2.24) is 15.1 Å². The summed E-state index contributed by atoms with van der Waals surface area (Å²) in [5.41, 5.74) is 2.15. The SMILES string of the molecule is COc1ccc(-c2ccc(=O)n(CCNC(=O)COc3ccc(Cl)c(C)c3)n2)cc1. The number of ether oxygens (including phenoxy) is 2. The van der Waals surface area contributed by atoms with Crippen LogP contribution in [0.5, 0.6) is 11.5 Å². The summed E-state index contributed by atoms with van der Waals surface area (Å²) in [4.78, 5) is 24.1. The second-order valence-corrected chi connectivity index (χ2v) is 6.97. The molecule has 1 amide bonds. The minimum absolute atomic E-state index is 0.130. The zero-order valence-corrected chi connectivity index (χ0v) is 17.5. The first-order valence-electron chi connectivity index (χ1n) is 9.34. The van der Waals surface area contributed by atoms with Gasteiger partial charge in [-0.3, -0.25) is 9.59 Å². The Kier molecular flexibility index (Phi) is 7.08. The van der Waals surface area contributed by atoms with Gasteiger partial charge in [0.1, 0.15) is 11.5 Å². The highest BCUT2D eigenvalue weighted by atomic mass is 35.5. The molecule has 0 saturated carbocycles. The molecule has 0 unspecified atom stereocenters. The van der Waals surface area contributed by atoms with E-state index in [0.29, 0.717) is 16.5 Å². The second-order valence-electron chi connectivity index (χ2n) is 6.56. The fraction of sp³-hybridized carbons (Fsp3) is 0.227. The van der Waals surface area contributed by atoms with Crippen molar-refractivity contribution >= 4 is 17.5 Å². The van der Waals surface area contributed by atoms with E-state index in [-0.39, 0.29) is 31.2 Å². The number of methoxy groups -OCH3 is 1. The Hall–Kier alpha value is -3.32. The lowest BCUT2D eigenvalue weighted by Crippen LogP contribution is -2.34. The number of halogens is 1. The fourth-order valence-electron chi connectivity index (χ4n) is 2.73. The maximum atomic E-state index is 12.1. The number of aryl methyl sites for hydroxylation is 1. The number of carbonyl (C=O) groups excluding carboxylic acids is 1. The zero-order valence-electron chi connectivity index (χ0n) is 16.7. The van der Waals surface area contributed by atoms with Crippen LogP contribution in [-0.4, -0.2) is 35.9 Å². The number of rotatable bonds is 8. The lowest BCUT2D eigenvalue weighted by molar-refractivity contribution is -0.123.